The van der Waals surface area contributed by atoms with Crippen LogP contribution in [0.5, 0.6) is 0 Å². The summed E-state index contributed by atoms with van der Waals surface area (Å²) in [5, 5.41) is 0. The Labute approximate surface area is 113 Å². The molecule has 0 aromatic carbocycles. The van der Waals surface area contributed by atoms with E-state index in [0.717, 1.165) is 38.1 Å². The van der Waals surface area contributed by atoms with Crippen molar-refractivity contribution in [3.8, 4) is 0 Å². The van der Waals surface area contributed by atoms with Gasteiger partial charge in [-0.3, -0.25) is 4.90 Å². The Morgan fingerprint density at radius 2 is 1.94 bits per heavy atom. The van der Waals surface area contributed by atoms with E-state index in [1.54, 1.807) is 0 Å². The predicted octanol–water partition coefficient (Wildman–Crippen LogP) is 2.50. The van der Waals surface area contributed by atoms with Gasteiger partial charge in [0.15, 0.2) is 0 Å². The average Bonchev–Trinajstić information content (AvgIpc) is 2.38. The van der Waals surface area contributed by atoms with Gasteiger partial charge >= 0.3 is 0 Å². The Hall–Kier alpha value is -0.120. The molecule has 0 spiro atoms. The fourth-order valence-electron chi connectivity index (χ4n) is 3.17. The number of nitrogens with zero attached hydrogens (tertiary/aromatic N) is 1. The lowest BCUT2D eigenvalue weighted by atomic mass is 9.72. The van der Waals surface area contributed by atoms with Crippen LogP contribution in [-0.4, -0.2) is 43.8 Å². The fraction of sp³-hybridized carbons (Fsp3) is 1.00. The largest absolute Gasteiger partial charge is 0.380 e. The first-order valence-corrected chi connectivity index (χ1v) is 7.54. The van der Waals surface area contributed by atoms with Gasteiger partial charge in [0.1, 0.15) is 0 Å². The molecule has 18 heavy (non-hydrogen) atoms. The number of likely N-dealkylation sites (N-methyl/N-ethyl adjacent to an activating group) is 1. The van der Waals surface area contributed by atoms with Crippen LogP contribution in [0.1, 0.15) is 46.5 Å². The summed E-state index contributed by atoms with van der Waals surface area (Å²) >= 11 is 0. The summed E-state index contributed by atoms with van der Waals surface area (Å²) in [6.07, 6.45) is 5.14. The van der Waals surface area contributed by atoms with Gasteiger partial charge in [-0.1, -0.05) is 13.8 Å². The highest BCUT2D eigenvalue weighted by molar-refractivity contribution is 4.95. The quantitative estimate of drug-likeness (QED) is 0.711. The number of hydrogen-bond donors (Lipinski definition) is 1. The lowest BCUT2D eigenvalue weighted by Gasteiger charge is -2.46. The van der Waals surface area contributed by atoms with Gasteiger partial charge in [-0.05, 0) is 51.5 Å². The van der Waals surface area contributed by atoms with E-state index in [1.807, 2.05) is 6.92 Å². The molecular weight excluding hydrogens is 224 g/mol. The Bertz CT molecular complexity index is 223. The standard InChI is InChI=1S/C15H32N2O/c1-5-18-11-10-17(4)15(12-16)8-6-14(7-9-15)13(2)3/h13-14H,5-12,16H2,1-4H3. The summed E-state index contributed by atoms with van der Waals surface area (Å²) < 4.78 is 5.46. The van der Waals surface area contributed by atoms with Gasteiger partial charge in [0.2, 0.25) is 0 Å². The van der Waals surface area contributed by atoms with Crippen LogP contribution < -0.4 is 5.73 Å². The molecule has 0 heterocycles. The summed E-state index contributed by atoms with van der Waals surface area (Å²) in [5.41, 5.74) is 6.31. The topological polar surface area (TPSA) is 38.5 Å². The van der Waals surface area contributed by atoms with Crippen LogP contribution in [0.15, 0.2) is 0 Å². The van der Waals surface area contributed by atoms with Crippen molar-refractivity contribution in [1.82, 2.24) is 4.90 Å². The first-order valence-electron chi connectivity index (χ1n) is 7.54. The molecule has 0 bridgehead atoms. The molecule has 3 nitrogen and oxygen atoms in total. The molecule has 1 saturated carbocycles. The SMILES string of the molecule is CCOCCN(C)C1(CN)CCC(C(C)C)CC1. The number of ether oxygens (including phenoxy) is 1. The molecule has 108 valence electrons. The molecule has 2 N–H and O–H groups in total. The van der Waals surface area contributed by atoms with Crippen LogP contribution in [0.3, 0.4) is 0 Å². The normalized spacial score (nSPS) is 29.2. The minimum Gasteiger partial charge on any atom is -0.380 e. The third kappa shape index (κ3) is 3.94. The fourth-order valence-corrected chi connectivity index (χ4v) is 3.17. The number of hydrogen-bond acceptors (Lipinski definition) is 3. The predicted molar refractivity (Wildman–Crippen MR) is 77.7 cm³/mol. The molecule has 0 unspecified atom stereocenters. The summed E-state index contributed by atoms with van der Waals surface area (Å²) in [6.45, 7) is 10.1. The third-order valence-electron chi connectivity index (χ3n) is 4.87. The van der Waals surface area contributed by atoms with E-state index in [1.165, 1.54) is 25.7 Å². The van der Waals surface area contributed by atoms with Crippen molar-refractivity contribution >= 4 is 0 Å². The van der Waals surface area contributed by atoms with Gasteiger partial charge in [0.25, 0.3) is 0 Å². The Balaban J connectivity index is 2.48. The van der Waals surface area contributed by atoms with Crippen molar-refractivity contribution in [2.24, 2.45) is 17.6 Å². The molecule has 0 aliphatic heterocycles. The Kier molecular flexibility index (Phi) is 6.61. The van der Waals surface area contributed by atoms with Crippen molar-refractivity contribution < 1.29 is 4.74 Å². The van der Waals surface area contributed by atoms with E-state index >= 15 is 0 Å². The van der Waals surface area contributed by atoms with Gasteiger partial charge in [0.05, 0.1) is 6.61 Å². The monoisotopic (exact) mass is 256 g/mol. The van der Waals surface area contributed by atoms with Gasteiger partial charge in [0, 0.05) is 25.2 Å². The molecule has 1 rings (SSSR count). The maximum absolute atomic E-state index is 6.08. The van der Waals surface area contributed by atoms with E-state index in [-0.39, 0.29) is 5.54 Å². The third-order valence-corrected chi connectivity index (χ3v) is 4.87. The summed E-state index contributed by atoms with van der Waals surface area (Å²) in [4.78, 5) is 2.44. The van der Waals surface area contributed by atoms with Crippen LogP contribution in [0.25, 0.3) is 0 Å². The Morgan fingerprint density at radius 1 is 1.33 bits per heavy atom. The van der Waals surface area contributed by atoms with Crippen molar-refractivity contribution in [2.45, 2.75) is 52.0 Å². The minimum absolute atomic E-state index is 0.225. The van der Waals surface area contributed by atoms with E-state index < -0.39 is 0 Å². The molecule has 0 radical (unpaired) electrons. The lowest BCUT2D eigenvalue weighted by molar-refractivity contribution is 0.0292. The second kappa shape index (κ2) is 7.46. The highest BCUT2D eigenvalue weighted by atomic mass is 16.5. The molecule has 0 saturated heterocycles. The molecular formula is C15H32N2O. The van der Waals surface area contributed by atoms with Gasteiger partial charge in [-0.15, -0.1) is 0 Å². The molecule has 1 fully saturated rings. The van der Waals surface area contributed by atoms with Crippen molar-refractivity contribution in [1.29, 1.82) is 0 Å². The smallest absolute Gasteiger partial charge is 0.0593 e. The molecule has 3 heteroatoms. The van der Waals surface area contributed by atoms with Crippen LogP contribution in [0.4, 0.5) is 0 Å². The molecule has 0 atom stereocenters. The lowest BCUT2D eigenvalue weighted by Crippen LogP contribution is -2.55. The van der Waals surface area contributed by atoms with Gasteiger partial charge in [-0.25, -0.2) is 0 Å². The van der Waals surface area contributed by atoms with Crippen LogP contribution in [0.2, 0.25) is 0 Å². The average molecular weight is 256 g/mol. The molecule has 1 aliphatic rings. The molecule has 0 amide bonds. The zero-order valence-corrected chi connectivity index (χ0v) is 12.7. The Morgan fingerprint density at radius 3 is 2.39 bits per heavy atom. The van der Waals surface area contributed by atoms with Crippen LogP contribution >= 0.6 is 0 Å². The zero-order chi connectivity index (χ0) is 13.6. The van der Waals surface area contributed by atoms with Gasteiger partial charge < -0.3 is 10.5 Å². The molecule has 0 aromatic rings. The number of rotatable bonds is 7. The maximum Gasteiger partial charge on any atom is 0.0593 e. The van der Waals surface area contributed by atoms with Crippen molar-refractivity contribution in [2.75, 3.05) is 33.4 Å². The molecule has 1 aliphatic carbocycles. The minimum atomic E-state index is 0.225. The highest BCUT2D eigenvalue weighted by Crippen LogP contribution is 2.38. The first kappa shape index (κ1) is 15.9. The zero-order valence-electron chi connectivity index (χ0n) is 12.7. The molecule has 0 aromatic heterocycles. The van der Waals surface area contributed by atoms with Crippen molar-refractivity contribution in [3.63, 3.8) is 0 Å². The van der Waals surface area contributed by atoms with Gasteiger partial charge in [-0.2, -0.15) is 0 Å². The van der Waals surface area contributed by atoms with E-state index in [4.69, 9.17) is 10.5 Å². The highest BCUT2D eigenvalue weighted by Gasteiger charge is 2.37. The van der Waals surface area contributed by atoms with E-state index in [9.17, 15) is 0 Å². The summed E-state index contributed by atoms with van der Waals surface area (Å²) in [5.74, 6) is 1.71. The van der Waals surface area contributed by atoms with Crippen LogP contribution in [0, 0.1) is 11.8 Å². The first-order chi connectivity index (χ1) is 8.55. The van der Waals surface area contributed by atoms with E-state index in [2.05, 4.69) is 25.8 Å². The van der Waals surface area contributed by atoms with Crippen LogP contribution in [-0.2, 0) is 4.74 Å². The van der Waals surface area contributed by atoms with E-state index in [0.29, 0.717) is 0 Å². The summed E-state index contributed by atoms with van der Waals surface area (Å²) in [6, 6.07) is 0. The van der Waals surface area contributed by atoms with Crippen molar-refractivity contribution in [3.05, 3.63) is 0 Å². The summed E-state index contributed by atoms with van der Waals surface area (Å²) in [7, 11) is 2.21. The number of nitrogens with two attached hydrogens (primary N) is 1. The maximum atomic E-state index is 6.08. The second-order valence-electron chi connectivity index (χ2n) is 6.13. The second-order valence-corrected chi connectivity index (χ2v) is 6.13.